The third-order valence-corrected chi connectivity index (χ3v) is 2.18. The molecule has 0 aliphatic carbocycles. The zero-order chi connectivity index (χ0) is 11.2. The number of anilines is 1. The van der Waals surface area contributed by atoms with Crippen LogP contribution in [0.4, 0.5) is 18.9 Å². The number of aromatic nitrogens is 2. The minimum atomic E-state index is -4.44. The molecule has 0 amide bonds. The number of halogens is 3. The van der Waals surface area contributed by atoms with E-state index in [0.29, 0.717) is 11.1 Å². The second-order valence-corrected chi connectivity index (χ2v) is 3.31. The highest BCUT2D eigenvalue weighted by Crippen LogP contribution is 2.36. The lowest BCUT2D eigenvalue weighted by atomic mass is 10.1. The fourth-order valence-electron chi connectivity index (χ4n) is 1.48. The number of nitrogens with two attached hydrogens (primary N) is 1. The van der Waals surface area contributed by atoms with Crippen molar-refractivity contribution < 1.29 is 13.2 Å². The van der Waals surface area contributed by atoms with Crippen LogP contribution < -0.4 is 5.73 Å². The van der Waals surface area contributed by atoms with E-state index in [4.69, 9.17) is 5.73 Å². The van der Waals surface area contributed by atoms with Gasteiger partial charge >= 0.3 is 6.18 Å². The van der Waals surface area contributed by atoms with Crippen molar-refractivity contribution in [1.29, 1.82) is 0 Å². The predicted octanol–water partition coefficient (Wildman–Crippen LogP) is 2.47. The normalized spacial score (nSPS) is 12.3. The van der Waals surface area contributed by atoms with Gasteiger partial charge in [0.1, 0.15) is 5.52 Å². The number of rotatable bonds is 0. The van der Waals surface area contributed by atoms with E-state index in [0.717, 1.165) is 6.07 Å². The van der Waals surface area contributed by atoms with Crippen molar-refractivity contribution in [2.45, 2.75) is 13.1 Å². The van der Waals surface area contributed by atoms with Crippen molar-refractivity contribution >= 4 is 16.6 Å². The number of nitrogen functional groups attached to an aromatic ring is 1. The third kappa shape index (κ3) is 1.51. The first-order valence-corrected chi connectivity index (χ1v) is 4.21. The molecule has 0 atom stereocenters. The first-order valence-electron chi connectivity index (χ1n) is 4.21. The minimum absolute atomic E-state index is 0.0827. The Bertz CT molecular complexity index is 513. The van der Waals surface area contributed by atoms with Crippen LogP contribution in [0.5, 0.6) is 0 Å². The number of hydrogen-bond donors (Lipinski definition) is 2. The van der Waals surface area contributed by atoms with Crippen LogP contribution in [-0.4, -0.2) is 10.2 Å². The molecule has 15 heavy (non-hydrogen) atoms. The molecule has 0 fully saturated rings. The van der Waals surface area contributed by atoms with Crippen LogP contribution in [-0.2, 0) is 6.18 Å². The topological polar surface area (TPSA) is 54.7 Å². The smallest absolute Gasteiger partial charge is 0.399 e. The number of H-pyrrole nitrogens is 1. The minimum Gasteiger partial charge on any atom is -0.399 e. The molecular weight excluding hydrogens is 207 g/mol. The van der Waals surface area contributed by atoms with E-state index in [9.17, 15) is 13.2 Å². The Morgan fingerprint density at radius 1 is 1.33 bits per heavy atom. The Morgan fingerprint density at radius 3 is 2.60 bits per heavy atom. The lowest BCUT2D eigenvalue weighted by Crippen LogP contribution is -2.06. The Hall–Kier alpha value is -1.72. The summed E-state index contributed by atoms with van der Waals surface area (Å²) in [4.78, 5) is 0. The fraction of sp³-hybridized carbons (Fsp3) is 0.222. The molecule has 2 aromatic rings. The van der Waals surface area contributed by atoms with Crippen LogP contribution >= 0.6 is 0 Å². The van der Waals surface area contributed by atoms with E-state index in [1.807, 2.05) is 0 Å². The summed E-state index contributed by atoms with van der Waals surface area (Å²) in [6, 6.07) is 2.37. The molecule has 1 aromatic heterocycles. The first-order chi connectivity index (χ1) is 6.89. The Balaban J connectivity index is 2.84. The van der Waals surface area contributed by atoms with Crippen molar-refractivity contribution in [2.75, 3.05) is 5.73 Å². The van der Waals surface area contributed by atoms with Crippen LogP contribution in [0.2, 0.25) is 0 Å². The number of nitrogens with zero attached hydrogens (tertiary/aromatic N) is 1. The highest BCUT2D eigenvalue weighted by molar-refractivity contribution is 5.87. The lowest BCUT2D eigenvalue weighted by molar-refractivity contribution is -0.136. The van der Waals surface area contributed by atoms with Gasteiger partial charge in [0.15, 0.2) is 0 Å². The molecule has 0 saturated carbocycles. The molecule has 3 N–H and O–H groups in total. The molecule has 1 aromatic carbocycles. The van der Waals surface area contributed by atoms with Crippen molar-refractivity contribution in [3.63, 3.8) is 0 Å². The Morgan fingerprint density at radius 2 is 2.00 bits per heavy atom. The summed E-state index contributed by atoms with van der Waals surface area (Å²) in [7, 11) is 0. The number of aryl methyl sites for hydroxylation is 1. The maximum atomic E-state index is 12.6. The van der Waals surface area contributed by atoms with E-state index in [2.05, 4.69) is 10.2 Å². The summed E-state index contributed by atoms with van der Waals surface area (Å²) in [6.07, 6.45) is -4.44. The summed E-state index contributed by atoms with van der Waals surface area (Å²) >= 11 is 0. The highest BCUT2D eigenvalue weighted by Gasteiger charge is 2.34. The zero-order valence-electron chi connectivity index (χ0n) is 7.81. The Kier molecular flexibility index (Phi) is 1.89. The van der Waals surface area contributed by atoms with Gasteiger partial charge in [-0.15, -0.1) is 0 Å². The first kappa shape index (κ1) is 9.82. The second kappa shape index (κ2) is 2.88. The van der Waals surface area contributed by atoms with E-state index in [-0.39, 0.29) is 11.2 Å². The predicted molar refractivity (Wildman–Crippen MR) is 50.2 cm³/mol. The molecule has 0 saturated heterocycles. The molecule has 3 nitrogen and oxygen atoms in total. The van der Waals surface area contributed by atoms with Gasteiger partial charge in [-0.25, -0.2) is 0 Å². The van der Waals surface area contributed by atoms with Crippen LogP contribution in [0.1, 0.15) is 11.3 Å². The van der Waals surface area contributed by atoms with Gasteiger partial charge in [-0.1, -0.05) is 0 Å². The number of fused-ring (bicyclic) bond motifs is 1. The van der Waals surface area contributed by atoms with Crippen LogP contribution in [0, 0.1) is 6.92 Å². The standard InChI is InChI=1S/C9H8F3N3/c1-4-6-2-5(13)3-7(9(10,11)12)8(6)15-14-4/h2-3H,13H2,1H3,(H,14,15). The van der Waals surface area contributed by atoms with Gasteiger partial charge in [0.25, 0.3) is 0 Å². The van der Waals surface area contributed by atoms with Gasteiger partial charge in [-0.2, -0.15) is 18.3 Å². The SMILES string of the molecule is Cc1[nH]nc2c(C(F)(F)F)cc(N)cc12. The lowest BCUT2D eigenvalue weighted by Gasteiger charge is -2.08. The Labute approximate surface area is 83.1 Å². The maximum Gasteiger partial charge on any atom is 0.418 e. The quantitative estimate of drug-likeness (QED) is 0.663. The maximum absolute atomic E-state index is 12.6. The summed E-state index contributed by atoms with van der Waals surface area (Å²) < 4.78 is 37.8. The molecule has 1 heterocycles. The molecular formula is C9H8F3N3. The number of hydrogen-bond acceptors (Lipinski definition) is 2. The number of aromatic amines is 1. The van der Waals surface area contributed by atoms with Crippen molar-refractivity contribution in [2.24, 2.45) is 0 Å². The van der Waals surface area contributed by atoms with E-state index in [1.165, 1.54) is 6.07 Å². The molecule has 0 unspecified atom stereocenters. The van der Waals surface area contributed by atoms with Crippen LogP contribution in [0.25, 0.3) is 10.9 Å². The van der Waals surface area contributed by atoms with Gasteiger partial charge in [-0.05, 0) is 19.1 Å². The summed E-state index contributed by atoms with van der Waals surface area (Å²) in [5.41, 5.74) is 5.17. The molecule has 0 aliphatic rings. The summed E-state index contributed by atoms with van der Waals surface area (Å²) in [5, 5.41) is 6.54. The molecule has 0 aliphatic heterocycles. The van der Waals surface area contributed by atoms with Gasteiger partial charge in [0.05, 0.1) is 5.56 Å². The molecule has 0 bridgehead atoms. The molecule has 0 radical (unpaired) electrons. The van der Waals surface area contributed by atoms with Crippen molar-refractivity contribution in [3.8, 4) is 0 Å². The molecule has 2 rings (SSSR count). The average Bonchev–Trinajstić information content (AvgIpc) is 2.45. The fourth-order valence-corrected chi connectivity index (χ4v) is 1.48. The van der Waals surface area contributed by atoms with Gasteiger partial charge in [-0.3, -0.25) is 5.10 Å². The third-order valence-electron chi connectivity index (χ3n) is 2.18. The van der Waals surface area contributed by atoms with Gasteiger partial charge < -0.3 is 5.73 Å². The van der Waals surface area contributed by atoms with Crippen LogP contribution in [0.3, 0.4) is 0 Å². The average molecular weight is 215 g/mol. The summed E-state index contributed by atoms with van der Waals surface area (Å²) in [5.74, 6) is 0. The number of nitrogens with one attached hydrogen (secondary N) is 1. The zero-order valence-corrected chi connectivity index (χ0v) is 7.81. The second-order valence-electron chi connectivity index (χ2n) is 3.31. The van der Waals surface area contributed by atoms with E-state index in [1.54, 1.807) is 6.92 Å². The molecule has 6 heteroatoms. The number of alkyl halides is 3. The number of benzene rings is 1. The van der Waals surface area contributed by atoms with E-state index < -0.39 is 11.7 Å². The van der Waals surface area contributed by atoms with Crippen LogP contribution in [0.15, 0.2) is 12.1 Å². The summed E-state index contributed by atoms with van der Waals surface area (Å²) in [6.45, 7) is 1.65. The van der Waals surface area contributed by atoms with Gasteiger partial charge in [0.2, 0.25) is 0 Å². The molecule has 80 valence electrons. The molecule has 0 spiro atoms. The van der Waals surface area contributed by atoms with E-state index >= 15 is 0 Å². The monoisotopic (exact) mass is 215 g/mol. The van der Waals surface area contributed by atoms with Crippen molar-refractivity contribution in [3.05, 3.63) is 23.4 Å². The van der Waals surface area contributed by atoms with Gasteiger partial charge in [0, 0.05) is 16.8 Å². The largest absolute Gasteiger partial charge is 0.418 e. The van der Waals surface area contributed by atoms with Crippen molar-refractivity contribution in [1.82, 2.24) is 10.2 Å². The highest BCUT2D eigenvalue weighted by atomic mass is 19.4.